The van der Waals surface area contributed by atoms with Gasteiger partial charge in [-0.15, -0.1) is 0 Å². The Kier molecular flexibility index (Phi) is 4.68. The van der Waals surface area contributed by atoms with Crippen LogP contribution in [0, 0.1) is 5.82 Å². The van der Waals surface area contributed by atoms with Crippen LogP contribution in [-0.4, -0.2) is 24.2 Å². The van der Waals surface area contributed by atoms with Crippen LogP contribution in [0.5, 0.6) is 5.75 Å². The fourth-order valence-corrected chi connectivity index (χ4v) is 1.64. The zero-order valence-electron chi connectivity index (χ0n) is 10.7. The fraction of sp³-hybridized carbons (Fsp3) is 0.133. The van der Waals surface area contributed by atoms with E-state index in [4.69, 9.17) is 9.84 Å². The van der Waals surface area contributed by atoms with Gasteiger partial charge in [0.15, 0.2) is 0 Å². The Morgan fingerprint density at radius 3 is 2.50 bits per heavy atom. The van der Waals surface area contributed by atoms with Crippen LogP contribution in [0.3, 0.4) is 0 Å². The molecule has 0 aliphatic heterocycles. The van der Waals surface area contributed by atoms with Crippen LogP contribution in [0.25, 0.3) is 0 Å². The first kappa shape index (κ1) is 14.0. The maximum atomic E-state index is 13.4. The van der Waals surface area contributed by atoms with E-state index in [1.54, 1.807) is 30.3 Å². The van der Waals surface area contributed by atoms with Crippen molar-refractivity contribution >= 4 is 11.6 Å². The third kappa shape index (κ3) is 3.55. The molecule has 0 radical (unpaired) electrons. The summed E-state index contributed by atoms with van der Waals surface area (Å²) in [7, 11) is 0. The van der Waals surface area contributed by atoms with E-state index < -0.39 is 11.7 Å². The summed E-state index contributed by atoms with van der Waals surface area (Å²) < 4.78 is 18.6. The Bertz CT molecular complexity index is 584. The predicted molar refractivity (Wildman–Crippen MR) is 73.4 cm³/mol. The molecule has 4 nitrogen and oxygen atoms in total. The number of benzene rings is 2. The molecule has 2 aromatic rings. The molecule has 2 N–H and O–H groups in total. The highest BCUT2D eigenvalue weighted by molar-refractivity contribution is 6.04. The topological polar surface area (TPSA) is 58.6 Å². The quantitative estimate of drug-likeness (QED) is 0.881. The van der Waals surface area contributed by atoms with Gasteiger partial charge in [0.2, 0.25) is 0 Å². The molecule has 0 saturated carbocycles. The SMILES string of the molecule is O=C(Nc1ccc(OCCO)cc1)c1ccccc1F. The maximum absolute atomic E-state index is 13.4. The Morgan fingerprint density at radius 1 is 1.15 bits per heavy atom. The number of rotatable bonds is 5. The number of hydrogen-bond donors (Lipinski definition) is 2. The van der Waals surface area contributed by atoms with Gasteiger partial charge in [-0.05, 0) is 36.4 Å². The van der Waals surface area contributed by atoms with Gasteiger partial charge >= 0.3 is 0 Å². The number of ether oxygens (including phenoxy) is 1. The molecule has 104 valence electrons. The molecule has 1 amide bonds. The van der Waals surface area contributed by atoms with Crippen LogP contribution >= 0.6 is 0 Å². The van der Waals surface area contributed by atoms with E-state index in [2.05, 4.69) is 5.32 Å². The number of carbonyl (C=O) groups excluding carboxylic acids is 1. The van der Waals surface area contributed by atoms with Gasteiger partial charge in [-0.3, -0.25) is 4.79 Å². The van der Waals surface area contributed by atoms with Crippen molar-refractivity contribution in [1.29, 1.82) is 0 Å². The summed E-state index contributed by atoms with van der Waals surface area (Å²) in [6.07, 6.45) is 0. The molecule has 0 saturated heterocycles. The lowest BCUT2D eigenvalue weighted by molar-refractivity contribution is 0.102. The molecule has 2 rings (SSSR count). The smallest absolute Gasteiger partial charge is 0.258 e. The molecule has 0 aliphatic rings. The number of aliphatic hydroxyl groups excluding tert-OH is 1. The molecule has 2 aromatic carbocycles. The number of anilines is 1. The third-order valence-corrected chi connectivity index (χ3v) is 2.59. The molecule has 0 aliphatic carbocycles. The van der Waals surface area contributed by atoms with Crippen LogP contribution in [0.2, 0.25) is 0 Å². The van der Waals surface area contributed by atoms with E-state index in [0.29, 0.717) is 11.4 Å². The Morgan fingerprint density at radius 2 is 1.85 bits per heavy atom. The molecule has 0 spiro atoms. The summed E-state index contributed by atoms with van der Waals surface area (Å²) in [5.41, 5.74) is 0.530. The maximum Gasteiger partial charge on any atom is 0.258 e. The molecule has 5 heteroatoms. The molecular weight excluding hydrogens is 261 g/mol. The van der Waals surface area contributed by atoms with E-state index in [-0.39, 0.29) is 18.8 Å². The normalized spacial score (nSPS) is 10.1. The average Bonchev–Trinajstić information content (AvgIpc) is 2.47. The summed E-state index contributed by atoms with van der Waals surface area (Å²) in [5.74, 6) is -0.483. The van der Waals surface area contributed by atoms with E-state index in [1.807, 2.05) is 0 Å². The average molecular weight is 275 g/mol. The summed E-state index contributed by atoms with van der Waals surface area (Å²) >= 11 is 0. The second-order valence-corrected chi connectivity index (χ2v) is 4.03. The molecule has 0 fully saturated rings. The lowest BCUT2D eigenvalue weighted by Gasteiger charge is -2.08. The number of carbonyl (C=O) groups is 1. The molecule has 0 aromatic heterocycles. The standard InChI is InChI=1S/C15H14FNO3/c16-14-4-2-1-3-13(14)15(19)17-11-5-7-12(8-6-11)20-10-9-18/h1-8,18H,9-10H2,(H,17,19). The summed E-state index contributed by atoms with van der Waals surface area (Å²) in [4.78, 5) is 11.9. The monoisotopic (exact) mass is 275 g/mol. The molecule has 0 unspecified atom stereocenters. The van der Waals surface area contributed by atoms with Gasteiger partial charge in [0.1, 0.15) is 18.2 Å². The molecular formula is C15H14FNO3. The Labute approximate surface area is 115 Å². The second kappa shape index (κ2) is 6.68. The zero-order chi connectivity index (χ0) is 14.4. The van der Waals surface area contributed by atoms with Crippen molar-refractivity contribution < 1.29 is 19.0 Å². The minimum Gasteiger partial charge on any atom is -0.491 e. The van der Waals surface area contributed by atoms with Gasteiger partial charge in [-0.1, -0.05) is 12.1 Å². The van der Waals surface area contributed by atoms with E-state index in [1.165, 1.54) is 18.2 Å². The molecule has 20 heavy (non-hydrogen) atoms. The molecule has 0 bridgehead atoms. The van der Waals surface area contributed by atoms with Crippen LogP contribution in [0.15, 0.2) is 48.5 Å². The van der Waals surface area contributed by atoms with Crippen LogP contribution in [0.4, 0.5) is 10.1 Å². The Balaban J connectivity index is 2.03. The van der Waals surface area contributed by atoms with Crippen molar-refractivity contribution in [2.75, 3.05) is 18.5 Å². The van der Waals surface area contributed by atoms with Crippen molar-refractivity contribution in [3.63, 3.8) is 0 Å². The first-order valence-electron chi connectivity index (χ1n) is 6.10. The first-order chi connectivity index (χ1) is 9.70. The minimum atomic E-state index is -0.562. The molecule has 0 atom stereocenters. The van der Waals surface area contributed by atoms with Gasteiger partial charge in [-0.25, -0.2) is 4.39 Å². The zero-order valence-corrected chi connectivity index (χ0v) is 10.7. The third-order valence-electron chi connectivity index (χ3n) is 2.59. The highest BCUT2D eigenvalue weighted by Gasteiger charge is 2.10. The number of halogens is 1. The second-order valence-electron chi connectivity index (χ2n) is 4.03. The van der Waals surface area contributed by atoms with Crippen molar-refractivity contribution in [3.05, 3.63) is 59.9 Å². The van der Waals surface area contributed by atoms with Gasteiger partial charge in [0.25, 0.3) is 5.91 Å². The highest BCUT2D eigenvalue weighted by atomic mass is 19.1. The van der Waals surface area contributed by atoms with Gasteiger partial charge in [0, 0.05) is 5.69 Å². The lowest BCUT2D eigenvalue weighted by Crippen LogP contribution is -2.13. The van der Waals surface area contributed by atoms with Gasteiger partial charge < -0.3 is 15.2 Å². The van der Waals surface area contributed by atoms with E-state index in [9.17, 15) is 9.18 Å². The highest BCUT2D eigenvalue weighted by Crippen LogP contribution is 2.17. The number of hydrogen-bond acceptors (Lipinski definition) is 3. The number of aliphatic hydroxyl groups is 1. The van der Waals surface area contributed by atoms with E-state index >= 15 is 0 Å². The number of nitrogens with one attached hydrogen (secondary N) is 1. The fourth-order valence-electron chi connectivity index (χ4n) is 1.64. The van der Waals surface area contributed by atoms with E-state index in [0.717, 1.165) is 0 Å². The van der Waals surface area contributed by atoms with Gasteiger partial charge in [0.05, 0.1) is 12.2 Å². The van der Waals surface area contributed by atoms with Crippen molar-refractivity contribution in [1.82, 2.24) is 0 Å². The van der Waals surface area contributed by atoms with Crippen molar-refractivity contribution in [3.8, 4) is 5.75 Å². The largest absolute Gasteiger partial charge is 0.491 e. The Hall–Kier alpha value is -2.40. The summed E-state index contributed by atoms with van der Waals surface area (Å²) in [5, 5.41) is 11.2. The first-order valence-corrected chi connectivity index (χ1v) is 6.10. The summed E-state index contributed by atoms with van der Waals surface area (Å²) in [6, 6.07) is 12.4. The minimum absolute atomic E-state index is 0.00638. The van der Waals surface area contributed by atoms with Crippen LogP contribution < -0.4 is 10.1 Å². The van der Waals surface area contributed by atoms with Crippen molar-refractivity contribution in [2.45, 2.75) is 0 Å². The van der Waals surface area contributed by atoms with Crippen molar-refractivity contribution in [2.24, 2.45) is 0 Å². The summed E-state index contributed by atoms with van der Waals surface area (Å²) in [6.45, 7) is 0.146. The van der Waals surface area contributed by atoms with Gasteiger partial charge in [-0.2, -0.15) is 0 Å². The van der Waals surface area contributed by atoms with Crippen LogP contribution in [-0.2, 0) is 0 Å². The number of amides is 1. The lowest BCUT2D eigenvalue weighted by atomic mass is 10.2. The van der Waals surface area contributed by atoms with Crippen LogP contribution in [0.1, 0.15) is 10.4 Å². The molecule has 0 heterocycles. The predicted octanol–water partition coefficient (Wildman–Crippen LogP) is 2.45.